The van der Waals surface area contributed by atoms with E-state index in [9.17, 15) is 0 Å². The number of aromatic nitrogens is 1. The van der Waals surface area contributed by atoms with Crippen LogP contribution in [0.25, 0.3) is 0 Å². The zero-order valence-corrected chi connectivity index (χ0v) is 15.9. The molecule has 128 valence electrons. The molecule has 0 atom stereocenters. The molecule has 0 unspecified atom stereocenters. The Hall–Kier alpha value is -2.38. The molecule has 0 spiro atoms. The van der Waals surface area contributed by atoms with E-state index >= 15 is 0 Å². The van der Waals surface area contributed by atoms with Gasteiger partial charge in [-0.15, -0.1) is 11.3 Å². The minimum atomic E-state index is 0.467. The highest BCUT2D eigenvalue weighted by Gasteiger charge is 2.11. The van der Waals surface area contributed by atoms with Crippen molar-refractivity contribution < 1.29 is 9.47 Å². The Labute approximate surface area is 158 Å². The molecule has 1 N–H and O–H groups in total. The fourth-order valence-electron chi connectivity index (χ4n) is 2.12. The number of hydrazone groups is 1. The lowest BCUT2D eigenvalue weighted by atomic mass is 10.2. The summed E-state index contributed by atoms with van der Waals surface area (Å²) in [7, 11) is 1.62. The van der Waals surface area contributed by atoms with Gasteiger partial charge in [0.2, 0.25) is 5.13 Å². The molecule has 0 fully saturated rings. The maximum Gasteiger partial charge on any atom is 0.203 e. The van der Waals surface area contributed by atoms with E-state index < -0.39 is 0 Å². The number of ether oxygens (including phenoxy) is 2. The number of halogens is 1. The van der Waals surface area contributed by atoms with Gasteiger partial charge in [-0.05, 0) is 39.2 Å². The van der Waals surface area contributed by atoms with Crippen LogP contribution < -0.4 is 14.9 Å². The van der Waals surface area contributed by atoms with E-state index in [2.05, 4.69) is 31.4 Å². The summed E-state index contributed by atoms with van der Waals surface area (Å²) < 4.78 is 12.2. The number of rotatable bonds is 7. The molecule has 0 saturated carbocycles. The SMILES string of the molecule is COc1cc(/C=N/Nc2nccs2)cc(Br)c1OCc1ccccc1. The smallest absolute Gasteiger partial charge is 0.203 e. The van der Waals surface area contributed by atoms with E-state index in [-0.39, 0.29) is 0 Å². The van der Waals surface area contributed by atoms with Crippen molar-refractivity contribution in [1.29, 1.82) is 0 Å². The molecule has 0 bridgehead atoms. The van der Waals surface area contributed by atoms with Crippen LogP contribution in [0.5, 0.6) is 11.5 Å². The van der Waals surface area contributed by atoms with Crippen LogP contribution in [0.2, 0.25) is 0 Å². The Kier molecular flexibility index (Phi) is 6.03. The number of hydrogen-bond acceptors (Lipinski definition) is 6. The van der Waals surface area contributed by atoms with Crippen LogP contribution in [0.4, 0.5) is 5.13 Å². The molecule has 0 aliphatic carbocycles. The van der Waals surface area contributed by atoms with E-state index in [0.29, 0.717) is 18.1 Å². The molecular formula is C18H16BrN3O2S. The summed E-state index contributed by atoms with van der Waals surface area (Å²) in [5.74, 6) is 1.30. The Morgan fingerprint density at radius 1 is 1.28 bits per heavy atom. The first kappa shape index (κ1) is 17.4. The van der Waals surface area contributed by atoms with Gasteiger partial charge in [0.1, 0.15) is 6.61 Å². The van der Waals surface area contributed by atoms with Crippen LogP contribution in [0, 0.1) is 0 Å². The molecule has 2 aromatic carbocycles. The summed E-state index contributed by atoms with van der Waals surface area (Å²) in [6.45, 7) is 0.467. The molecule has 1 heterocycles. The second-order valence-corrected chi connectivity index (χ2v) is 6.76. The van der Waals surface area contributed by atoms with Crippen molar-refractivity contribution in [3.63, 3.8) is 0 Å². The summed E-state index contributed by atoms with van der Waals surface area (Å²) in [5, 5.41) is 6.81. The second-order valence-electron chi connectivity index (χ2n) is 5.02. The maximum absolute atomic E-state index is 5.92. The fraction of sp³-hybridized carbons (Fsp3) is 0.111. The zero-order chi connectivity index (χ0) is 17.5. The molecular weight excluding hydrogens is 402 g/mol. The summed E-state index contributed by atoms with van der Waals surface area (Å²) >= 11 is 5.03. The van der Waals surface area contributed by atoms with Gasteiger partial charge in [0, 0.05) is 11.6 Å². The zero-order valence-electron chi connectivity index (χ0n) is 13.5. The van der Waals surface area contributed by atoms with E-state index in [1.807, 2.05) is 47.8 Å². The lowest BCUT2D eigenvalue weighted by Crippen LogP contribution is -2.00. The number of thiazole rings is 1. The molecule has 3 aromatic rings. The first-order valence-electron chi connectivity index (χ1n) is 7.49. The third-order valence-corrected chi connectivity index (χ3v) is 4.55. The Balaban J connectivity index is 1.72. The number of methoxy groups -OCH3 is 1. The third-order valence-electron chi connectivity index (χ3n) is 3.28. The summed E-state index contributed by atoms with van der Waals surface area (Å²) in [6.07, 6.45) is 3.43. The minimum absolute atomic E-state index is 0.467. The maximum atomic E-state index is 5.92. The molecule has 1 aromatic heterocycles. The first-order valence-corrected chi connectivity index (χ1v) is 9.16. The molecule has 0 aliphatic heterocycles. The predicted octanol–water partition coefficient (Wildman–Crippen LogP) is 4.94. The first-order chi connectivity index (χ1) is 12.3. The van der Waals surface area contributed by atoms with Gasteiger partial charge in [0.25, 0.3) is 0 Å². The van der Waals surface area contributed by atoms with Crippen molar-refractivity contribution in [3.8, 4) is 11.5 Å². The number of nitrogens with zero attached hydrogens (tertiary/aromatic N) is 2. The Morgan fingerprint density at radius 2 is 2.12 bits per heavy atom. The van der Waals surface area contributed by atoms with Crippen molar-refractivity contribution in [2.45, 2.75) is 6.61 Å². The van der Waals surface area contributed by atoms with Crippen LogP contribution in [-0.4, -0.2) is 18.3 Å². The van der Waals surface area contributed by atoms with Crippen LogP contribution in [0.1, 0.15) is 11.1 Å². The standard InChI is InChI=1S/C18H16BrN3O2S/c1-23-16-10-14(11-21-22-18-20-7-8-25-18)9-15(19)17(16)24-12-13-5-3-2-4-6-13/h2-11H,12H2,1H3,(H,20,22)/b21-11+. The molecule has 0 radical (unpaired) electrons. The molecule has 0 amide bonds. The van der Waals surface area contributed by atoms with Crippen molar-refractivity contribution >= 4 is 38.6 Å². The molecule has 3 rings (SSSR count). The number of anilines is 1. The Bertz CT molecular complexity index is 839. The quantitative estimate of drug-likeness (QED) is 0.436. The van der Waals surface area contributed by atoms with Crippen molar-refractivity contribution in [1.82, 2.24) is 4.98 Å². The highest BCUT2D eigenvalue weighted by atomic mass is 79.9. The van der Waals surface area contributed by atoms with E-state index in [0.717, 1.165) is 20.7 Å². The molecule has 7 heteroatoms. The average Bonchev–Trinajstić information content (AvgIpc) is 3.15. The largest absolute Gasteiger partial charge is 0.493 e. The highest BCUT2D eigenvalue weighted by molar-refractivity contribution is 9.10. The Morgan fingerprint density at radius 3 is 2.84 bits per heavy atom. The van der Waals surface area contributed by atoms with Gasteiger partial charge in [-0.25, -0.2) is 4.98 Å². The van der Waals surface area contributed by atoms with Crippen molar-refractivity contribution in [2.75, 3.05) is 12.5 Å². The average molecular weight is 418 g/mol. The molecule has 0 saturated heterocycles. The van der Waals surface area contributed by atoms with Crippen molar-refractivity contribution in [3.05, 3.63) is 69.6 Å². The number of nitrogens with one attached hydrogen (secondary N) is 1. The lowest BCUT2D eigenvalue weighted by molar-refractivity contribution is 0.282. The van der Waals surface area contributed by atoms with Crippen LogP contribution in [0.15, 0.2) is 63.6 Å². The fourth-order valence-corrected chi connectivity index (χ4v) is 3.18. The third kappa shape index (κ3) is 4.80. The number of benzene rings is 2. The van der Waals surface area contributed by atoms with E-state index in [4.69, 9.17) is 9.47 Å². The highest BCUT2D eigenvalue weighted by Crippen LogP contribution is 2.36. The monoisotopic (exact) mass is 417 g/mol. The summed E-state index contributed by atoms with van der Waals surface area (Å²) in [4.78, 5) is 4.11. The summed E-state index contributed by atoms with van der Waals surface area (Å²) in [5.41, 5.74) is 4.85. The van der Waals surface area contributed by atoms with Crippen LogP contribution >= 0.6 is 27.3 Å². The van der Waals surface area contributed by atoms with Gasteiger partial charge < -0.3 is 9.47 Å². The van der Waals surface area contributed by atoms with Gasteiger partial charge in [-0.2, -0.15) is 5.10 Å². The molecule has 25 heavy (non-hydrogen) atoms. The van der Waals surface area contributed by atoms with E-state index in [1.54, 1.807) is 19.5 Å². The van der Waals surface area contributed by atoms with Crippen molar-refractivity contribution in [2.24, 2.45) is 5.10 Å². The van der Waals surface area contributed by atoms with Gasteiger partial charge in [0.15, 0.2) is 11.5 Å². The normalized spacial score (nSPS) is 10.8. The second kappa shape index (κ2) is 8.64. The number of hydrogen-bond donors (Lipinski definition) is 1. The molecule has 0 aliphatic rings. The summed E-state index contributed by atoms with van der Waals surface area (Å²) in [6, 6.07) is 13.8. The van der Waals surface area contributed by atoms with Gasteiger partial charge >= 0.3 is 0 Å². The van der Waals surface area contributed by atoms with E-state index in [1.165, 1.54) is 11.3 Å². The lowest BCUT2D eigenvalue weighted by Gasteiger charge is -2.13. The van der Waals surface area contributed by atoms with Gasteiger partial charge in [-0.1, -0.05) is 30.3 Å². The van der Waals surface area contributed by atoms with Crippen LogP contribution in [-0.2, 0) is 6.61 Å². The van der Waals surface area contributed by atoms with Gasteiger partial charge in [-0.3, -0.25) is 5.43 Å². The topological polar surface area (TPSA) is 55.7 Å². The van der Waals surface area contributed by atoms with Crippen LogP contribution in [0.3, 0.4) is 0 Å². The van der Waals surface area contributed by atoms with Gasteiger partial charge in [0.05, 0.1) is 17.8 Å². The molecule has 5 nitrogen and oxygen atoms in total. The predicted molar refractivity (Wildman–Crippen MR) is 105 cm³/mol. The minimum Gasteiger partial charge on any atom is -0.493 e.